The molecule has 0 unspecified atom stereocenters. The van der Waals surface area contributed by atoms with Crippen molar-refractivity contribution in [3.63, 3.8) is 0 Å². The molecule has 0 saturated heterocycles. The number of hydrogen-bond acceptors (Lipinski definition) is 6. The second-order valence-corrected chi connectivity index (χ2v) is 12.6. The Morgan fingerprint density at radius 1 is 0.690 bits per heavy atom. The first-order valence-electron chi connectivity index (χ1n) is 14.2. The lowest BCUT2D eigenvalue weighted by Gasteiger charge is -2.23. The van der Waals surface area contributed by atoms with Gasteiger partial charge >= 0.3 is 6.09 Å². The highest BCUT2D eigenvalue weighted by Gasteiger charge is 2.35. The lowest BCUT2D eigenvalue weighted by molar-refractivity contribution is 0.0974. The SMILES string of the molecule is CCCCCCNC(=O)Oc1ccc2c(c1)C(=O)c1c(Sc3ccc(C)cc3)ccc(Sc3ccc(C)cc3)c1C2=O. The standard InChI is InChI=1S/C35H33NO4S2/c1-4-5-6-7-20-36-35(39)40-24-12-17-27-28(21-24)34(38)32-30(42-26-15-10-23(3)11-16-26)19-18-29(31(32)33(27)37)41-25-13-8-22(2)9-14-25/h8-19,21H,4-7,20H2,1-3H3,(H,36,39). The van der Waals surface area contributed by atoms with E-state index in [1.165, 1.54) is 29.6 Å². The van der Waals surface area contributed by atoms with Crippen LogP contribution in [-0.4, -0.2) is 24.2 Å². The van der Waals surface area contributed by atoms with Gasteiger partial charge in [-0.25, -0.2) is 4.79 Å². The summed E-state index contributed by atoms with van der Waals surface area (Å²) in [6.07, 6.45) is 3.58. The average molecular weight is 596 g/mol. The van der Waals surface area contributed by atoms with Gasteiger partial charge in [0, 0.05) is 48.4 Å². The van der Waals surface area contributed by atoms with Gasteiger partial charge in [-0.3, -0.25) is 9.59 Å². The number of amides is 1. The van der Waals surface area contributed by atoms with Crippen molar-refractivity contribution < 1.29 is 19.1 Å². The maximum Gasteiger partial charge on any atom is 0.412 e. The highest BCUT2D eigenvalue weighted by Crippen LogP contribution is 2.43. The number of carbonyl (C=O) groups excluding carboxylic acids is 3. The number of aryl methyl sites for hydroxylation is 2. The minimum absolute atomic E-state index is 0.215. The van der Waals surface area contributed by atoms with Crippen LogP contribution < -0.4 is 10.1 Å². The molecule has 0 aliphatic heterocycles. The summed E-state index contributed by atoms with van der Waals surface area (Å²) in [6.45, 7) is 6.71. The van der Waals surface area contributed by atoms with E-state index >= 15 is 0 Å². The van der Waals surface area contributed by atoms with E-state index in [0.717, 1.165) is 51.5 Å². The summed E-state index contributed by atoms with van der Waals surface area (Å²) in [5, 5.41) is 2.76. The minimum atomic E-state index is -0.575. The molecule has 0 radical (unpaired) electrons. The highest BCUT2D eigenvalue weighted by molar-refractivity contribution is 8.00. The number of nitrogens with one attached hydrogen (secondary N) is 1. The van der Waals surface area contributed by atoms with Crippen molar-refractivity contribution in [1.29, 1.82) is 0 Å². The quantitative estimate of drug-likeness (QED) is 0.162. The van der Waals surface area contributed by atoms with Crippen LogP contribution in [0, 0.1) is 13.8 Å². The number of ketones is 2. The predicted octanol–water partition coefficient (Wildman–Crippen LogP) is 9.05. The Morgan fingerprint density at radius 3 is 1.79 bits per heavy atom. The van der Waals surface area contributed by atoms with E-state index in [2.05, 4.69) is 12.2 Å². The van der Waals surface area contributed by atoms with Crippen LogP contribution in [0.4, 0.5) is 4.79 Å². The van der Waals surface area contributed by atoms with Gasteiger partial charge in [-0.2, -0.15) is 0 Å². The molecule has 214 valence electrons. The summed E-state index contributed by atoms with van der Waals surface area (Å²) < 4.78 is 5.49. The van der Waals surface area contributed by atoms with E-state index in [0.29, 0.717) is 28.1 Å². The molecule has 0 fully saturated rings. The summed E-state index contributed by atoms with van der Waals surface area (Å²) in [5.41, 5.74) is 3.63. The molecule has 42 heavy (non-hydrogen) atoms. The van der Waals surface area contributed by atoms with Crippen molar-refractivity contribution in [2.45, 2.75) is 66.0 Å². The number of rotatable bonds is 10. The van der Waals surface area contributed by atoms with E-state index in [4.69, 9.17) is 4.74 Å². The Kier molecular flexibility index (Phi) is 9.50. The van der Waals surface area contributed by atoms with E-state index in [1.807, 2.05) is 74.5 Å². The topological polar surface area (TPSA) is 72.5 Å². The maximum absolute atomic E-state index is 14.1. The van der Waals surface area contributed by atoms with Crippen molar-refractivity contribution in [2.24, 2.45) is 0 Å². The van der Waals surface area contributed by atoms with Gasteiger partial charge < -0.3 is 10.1 Å². The second-order valence-electron chi connectivity index (χ2n) is 10.4. The summed E-state index contributed by atoms with van der Waals surface area (Å²) in [4.78, 5) is 44.0. The zero-order chi connectivity index (χ0) is 29.6. The van der Waals surface area contributed by atoms with Crippen molar-refractivity contribution in [3.05, 3.63) is 112 Å². The van der Waals surface area contributed by atoms with Crippen LogP contribution in [0.15, 0.2) is 98.4 Å². The molecule has 1 amide bonds. The van der Waals surface area contributed by atoms with Crippen molar-refractivity contribution in [1.82, 2.24) is 5.32 Å². The van der Waals surface area contributed by atoms with E-state index in [9.17, 15) is 14.4 Å². The summed E-state index contributed by atoms with van der Waals surface area (Å²) in [6, 6.07) is 24.7. The van der Waals surface area contributed by atoms with Crippen LogP contribution in [0.5, 0.6) is 5.75 Å². The number of carbonyl (C=O) groups is 3. The lowest BCUT2D eigenvalue weighted by atomic mass is 9.84. The molecule has 4 aromatic rings. The van der Waals surface area contributed by atoms with Gasteiger partial charge in [-0.05, 0) is 74.9 Å². The zero-order valence-electron chi connectivity index (χ0n) is 24.0. The number of hydrogen-bond donors (Lipinski definition) is 1. The fourth-order valence-corrected chi connectivity index (χ4v) is 6.70. The lowest BCUT2D eigenvalue weighted by Crippen LogP contribution is -2.28. The van der Waals surface area contributed by atoms with Gasteiger partial charge in [0.25, 0.3) is 0 Å². The molecule has 1 N–H and O–H groups in total. The third-order valence-corrected chi connectivity index (χ3v) is 9.21. The van der Waals surface area contributed by atoms with Gasteiger partial charge in [-0.1, -0.05) is 85.1 Å². The Labute approximate surface area is 255 Å². The molecule has 0 spiro atoms. The van der Waals surface area contributed by atoms with Crippen LogP contribution in [0.25, 0.3) is 0 Å². The molecule has 0 atom stereocenters. The zero-order valence-corrected chi connectivity index (χ0v) is 25.6. The molecule has 0 aromatic heterocycles. The van der Waals surface area contributed by atoms with Crippen LogP contribution >= 0.6 is 23.5 Å². The van der Waals surface area contributed by atoms with Gasteiger partial charge in [0.2, 0.25) is 0 Å². The van der Waals surface area contributed by atoms with E-state index < -0.39 is 6.09 Å². The van der Waals surface area contributed by atoms with Crippen molar-refractivity contribution >= 4 is 41.2 Å². The van der Waals surface area contributed by atoms with Crippen molar-refractivity contribution in [2.75, 3.05) is 6.54 Å². The normalized spacial score (nSPS) is 12.1. The molecular weight excluding hydrogens is 563 g/mol. The summed E-state index contributed by atoms with van der Waals surface area (Å²) >= 11 is 2.93. The number of ether oxygens (including phenoxy) is 1. The first-order chi connectivity index (χ1) is 20.3. The Balaban J connectivity index is 1.48. The summed E-state index contributed by atoms with van der Waals surface area (Å²) in [7, 11) is 0. The van der Waals surface area contributed by atoms with Crippen LogP contribution in [-0.2, 0) is 0 Å². The van der Waals surface area contributed by atoms with Crippen molar-refractivity contribution in [3.8, 4) is 5.75 Å². The largest absolute Gasteiger partial charge is 0.412 e. The third kappa shape index (κ3) is 6.80. The molecule has 1 aliphatic rings. The second kappa shape index (κ2) is 13.4. The molecular formula is C35H33NO4S2. The fourth-order valence-electron chi connectivity index (χ4n) is 4.78. The third-order valence-electron chi connectivity index (χ3n) is 7.07. The molecule has 0 saturated carbocycles. The molecule has 5 rings (SSSR count). The number of benzene rings is 4. The summed E-state index contributed by atoms with van der Waals surface area (Å²) in [5.74, 6) is -0.249. The van der Waals surface area contributed by atoms with Crippen LogP contribution in [0.1, 0.15) is 75.6 Å². The smallest absolute Gasteiger partial charge is 0.410 e. The van der Waals surface area contributed by atoms with E-state index in [-0.39, 0.29) is 22.9 Å². The minimum Gasteiger partial charge on any atom is -0.410 e. The van der Waals surface area contributed by atoms with Gasteiger partial charge in [0.1, 0.15) is 5.75 Å². The monoisotopic (exact) mass is 595 g/mol. The molecule has 0 bridgehead atoms. The van der Waals surface area contributed by atoms with Crippen LogP contribution in [0.2, 0.25) is 0 Å². The maximum atomic E-state index is 14.1. The van der Waals surface area contributed by atoms with E-state index in [1.54, 1.807) is 12.1 Å². The van der Waals surface area contributed by atoms with Gasteiger partial charge in [0.15, 0.2) is 11.6 Å². The van der Waals surface area contributed by atoms with Gasteiger partial charge in [-0.15, -0.1) is 0 Å². The Morgan fingerprint density at radius 2 is 1.24 bits per heavy atom. The number of unbranched alkanes of at least 4 members (excludes halogenated alkanes) is 3. The predicted molar refractivity (Wildman–Crippen MR) is 169 cm³/mol. The van der Waals surface area contributed by atoms with Gasteiger partial charge in [0.05, 0.1) is 0 Å². The molecule has 5 nitrogen and oxygen atoms in total. The average Bonchev–Trinajstić information content (AvgIpc) is 2.98. The Hall–Kier alpha value is -3.81. The Bertz CT molecular complexity index is 1630. The fraction of sp³-hybridized carbons (Fsp3) is 0.229. The number of fused-ring (bicyclic) bond motifs is 2. The molecule has 1 aliphatic carbocycles. The molecule has 4 aromatic carbocycles. The molecule has 7 heteroatoms. The first-order valence-corrected chi connectivity index (χ1v) is 15.8. The molecule has 0 heterocycles. The van der Waals surface area contributed by atoms with Crippen LogP contribution in [0.3, 0.4) is 0 Å². The highest BCUT2D eigenvalue weighted by atomic mass is 32.2. The first kappa shape index (κ1) is 29.7.